The highest BCUT2D eigenvalue weighted by Crippen LogP contribution is 2.19. The molecule has 1 rings (SSSR count). The third kappa shape index (κ3) is 3.02. The molecular weight excluding hydrogens is 241 g/mol. The normalized spacial score (nSPS) is 12.3. The van der Waals surface area contributed by atoms with E-state index in [1.54, 1.807) is 6.92 Å². The monoisotopic (exact) mass is 249 g/mol. The van der Waals surface area contributed by atoms with Crippen LogP contribution in [0.2, 0.25) is 10.3 Å². The van der Waals surface area contributed by atoms with E-state index in [0.29, 0.717) is 0 Å². The molecule has 1 aromatic rings. The van der Waals surface area contributed by atoms with Gasteiger partial charge in [0.2, 0.25) is 0 Å². The summed E-state index contributed by atoms with van der Waals surface area (Å²) < 4.78 is 0. The number of amides is 1. The molecule has 1 atom stereocenters. The first-order valence-electron chi connectivity index (χ1n) is 4.14. The Morgan fingerprint density at radius 3 is 2.53 bits per heavy atom. The van der Waals surface area contributed by atoms with Gasteiger partial charge in [0.25, 0.3) is 5.91 Å². The lowest BCUT2D eigenvalue weighted by atomic mass is 10.3. The summed E-state index contributed by atoms with van der Waals surface area (Å²) in [6.07, 6.45) is 1.16. The number of aromatic nitrogens is 2. The zero-order chi connectivity index (χ0) is 11.4. The Labute approximate surface area is 96.4 Å². The number of nitrogens with zero attached hydrogens (tertiary/aromatic N) is 2. The Bertz CT molecular complexity index is 353. The van der Waals surface area contributed by atoms with E-state index < -0.39 is 5.91 Å². The molecular formula is C8H9Cl2N3O2. The van der Waals surface area contributed by atoms with Crippen LogP contribution in [0.25, 0.3) is 0 Å². The number of aliphatic hydroxyl groups is 1. The minimum Gasteiger partial charge on any atom is -0.394 e. The Hall–Kier alpha value is -0.910. The van der Waals surface area contributed by atoms with Gasteiger partial charge in [-0.15, -0.1) is 0 Å². The summed E-state index contributed by atoms with van der Waals surface area (Å²) in [5, 5.41) is 11.2. The predicted octanol–water partition coefficient (Wildman–Crippen LogP) is 0.894. The molecule has 1 unspecified atom stereocenters. The average molecular weight is 250 g/mol. The number of carbonyl (C=O) groups excluding carboxylic acids is 1. The van der Waals surface area contributed by atoms with E-state index in [-0.39, 0.29) is 28.5 Å². The third-order valence-corrected chi connectivity index (χ3v) is 2.21. The average Bonchev–Trinajstić information content (AvgIpc) is 2.17. The Morgan fingerprint density at radius 2 is 2.07 bits per heavy atom. The maximum atomic E-state index is 11.6. The standard InChI is InChI=1S/C8H9Cl2N3O2/c1-4(2-14)13-8(15)5-6(9)11-3-12-7(5)10/h3-4,14H,2H2,1H3,(H,13,15). The smallest absolute Gasteiger partial charge is 0.257 e. The Kier molecular flexibility index (Phi) is 4.26. The first-order valence-corrected chi connectivity index (χ1v) is 4.89. The highest BCUT2D eigenvalue weighted by Gasteiger charge is 2.17. The van der Waals surface area contributed by atoms with E-state index >= 15 is 0 Å². The van der Waals surface area contributed by atoms with Crippen LogP contribution in [0, 0.1) is 0 Å². The topological polar surface area (TPSA) is 75.1 Å². The fourth-order valence-corrected chi connectivity index (χ4v) is 1.36. The summed E-state index contributed by atoms with van der Waals surface area (Å²) in [6, 6.07) is -0.384. The maximum absolute atomic E-state index is 11.6. The summed E-state index contributed by atoms with van der Waals surface area (Å²) in [6.45, 7) is 1.47. The van der Waals surface area contributed by atoms with Crippen LogP contribution in [0.5, 0.6) is 0 Å². The highest BCUT2D eigenvalue weighted by molar-refractivity contribution is 6.38. The summed E-state index contributed by atoms with van der Waals surface area (Å²) in [5.41, 5.74) is 0.0149. The van der Waals surface area contributed by atoms with Gasteiger partial charge in [0.05, 0.1) is 6.61 Å². The second kappa shape index (κ2) is 5.25. The SMILES string of the molecule is CC(CO)NC(=O)c1c(Cl)ncnc1Cl. The van der Waals surface area contributed by atoms with Crippen molar-refractivity contribution >= 4 is 29.1 Å². The molecule has 0 fully saturated rings. The fourth-order valence-electron chi connectivity index (χ4n) is 0.873. The molecule has 82 valence electrons. The predicted molar refractivity (Wildman–Crippen MR) is 56.1 cm³/mol. The molecule has 0 aliphatic heterocycles. The van der Waals surface area contributed by atoms with Crippen LogP contribution in [0.4, 0.5) is 0 Å². The van der Waals surface area contributed by atoms with Crippen LogP contribution in [-0.2, 0) is 0 Å². The summed E-state index contributed by atoms with van der Waals surface area (Å²) in [4.78, 5) is 18.9. The highest BCUT2D eigenvalue weighted by atomic mass is 35.5. The lowest BCUT2D eigenvalue weighted by molar-refractivity contribution is 0.0922. The van der Waals surface area contributed by atoms with Gasteiger partial charge in [-0.3, -0.25) is 4.79 Å². The van der Waals surface area contributed by atoms with E-state index in [9.17, 15) is 4.79 Å². The van der Waals surface area contributed by atoms with E-state index in [1.165, 1.54) is 0 Å². The molecule has 2 N–H and O–H groups in total. The summed E-state index contributed by atoms with van der Waals surface area (Å²) in [7, 11) is 0. The first kappa shape index (κ1) is 12.2. The van der Waals surface area contributed by atoms with Crippen LogP contribution < -0.4 is 5.32 Å². The van der Waals surface area contributed by atoms with Gasteiger partial charge >= 0.3 is 0 Å². The summed E-state index contributed by atoms with van der Waals surface area (Å²) >= 11 is 11.4. The van der Waals surface area contributed by atoms with Crippen molar-refractivity contribution in [3.63, 3.8) is 0 Å². The first-order chi connectivity index (χ1) is 7.06. The van der Waals surface area contributed by atoms with Crippen LogP contribution in [0.3, 0.4) is 0 Å². The summed E-state index contributed by atoms with van der Waals surface area (Å²) in [5.74, 6) is -0.507. The number of hydrogen-bond donors (Lipinski definition) is 2. The Morgan fingerprint density at radius 1 is 1.53 bits per heavy atom. The van der Waals surface area contributed by atoms with E-state index in [0.717, 1.165) is 6.33 Å². The lowest BCUT2D eigenvalue weighted by Gasteiger charge is -2.11. The number of aliphatic hydroxyl groups excluding tert-OH is 1. The van der Waals surface area contributed by atoms with Gasteiger partial charge in [0.1, 0.15) is 22.2 Å². The minimum absolute atomic E-state index is 0.0149. The quantitative estimate of drug-likeness (QED) is 0.781. The molecule has 1 heterocycles. The number of hydrogen-bond acceptors (Lipinski definition) is 4. The number of carbonyl (C=O) groups is 1. The largest absolute Gasteiger partial charge is 0.394 e. The van der Waals surface area contributed by atoms with Crippen LogP contribution >= 0.6 is 23.2 Å². The van der Waals surface area contributed by atoms with Crippen molar-refractivity contribution in [2.24, 2.45) is 0 Å². The maximum Gasteiger partial charge on any atom is 0.257 e. The van der Waals surface area contributed by atoms with Crippen molar-refractivity contribution in [3.8, 4) is 0 Å². The number of rotatable bonds is 3. The number of nitrogens with one attached hydrogen (secondary N) is 1. The molecule has 0 aliphatic rings. The van der Waals surface area contributed by atoms with Crippen molar-refractivity contribution in [2.75, 3.05) is 6.61 Å². The fraction of sp³-hybridized carbons (Fsp3) is 0.375. The lowest BCUT2D eigenvalue weighted by Crippen LogP contribution is -2.35. The van der Waals surface area contributed by atoms with E-state index in [2.05, 4.69) is 15.3 Å². The van der Waals surface area contributed by atoms with Gasteiger partial charge in [0.15, 0.2) is 0 Å². The van der Waals surface area contributed by atoms with E-state index in [4.69, 9.17) is 28.3 Å². The van der Waals surface area contributed by atoms with Gasteiger partial charge in [-0.1, -0.05) is 23.2 Å². The van der Waals surface area contributed by atoms with Crippen LogP contribution in [0.15, 0.2) is 6.33 Å². The molecule has 0 aliphatic carbocycles. The molecule has 1 aromatic heterocycles. The van der Waals surface area contributed by atoms with Gasteiger partial charge in [0, 0.05) is 6.04 Å². The van der Waals surface area contributed by atoms with Gasteiger partial charge in [-0.2, -0.15) is 0 Å². The van der Waals surface area contributed by atoms with Crippen molar-refractivity contribution in [1.82, 2.24) is 15.3 Å². The van der Waals surface area contributed by atoms with Gasteiger partial charge in [-0.25, -0.2) is 9.97 Å². The van der Waals surface area contributed by atoms with Gasteiger partial charge in [-0.05, 0) is 6.92 Å². The van der Waals surface area contributed by atoms with Crippen molar-refractivity contribution < 1.29 is 9.90 Å². The van der Waals surface area contributed by atoms with Gasteiger partial charge < -0.3 is 10.4 Å². The number of halogens is 2. The molecule has 0 radical (unpaired) electrons. The van der Waals surface area contributed by atoms with Crippen molar-refractivity contribution in [1.29, 1.82) is 0 Å². The molecule has 1 amide bonds. The molecule has 0 aromatic carbocycles. The molecule has 0 bridgehead atoms. The third-order valence-electron chi connectivity index (χ3n) is 1.63. The van der Waals surface area contributed by atoms with E-state index in [1.807, 2.05) is 0 Å². The molecule has 0 spiro atoms. The minimum atomic E-state index is -0.507. The molecule has 0 saturated heterocycles. The van der Waals surface area contributed by atoms with Crippen LogP contribution in [0.1, 0.15) is 17.3 Å². The molecule has 0 saturated carbocycles. The molecule has 15 heavy (non-hydrogen) atoms. The molecule has 5 nitrogen and oxygen atoms in total. The van der Waals surface area contributed by atoms with Crippen molar-refractivity contribution in [2.45, 2.75) is 13.0 Å². The second-order valence-corrected chi connectivity index (χ2v) is 3.60. The van der Waals surface area contributed by atoms with Crippen LogP contribution in [-0.4, -0.2) is 33.6 Å². The zero-order valence-electron chi connectivity index (χ0n) is 7.87. The molecule has 7 heteroatoms. The Balaban J connectivity index is 2.91. The second-order valence-electron chi connectivity index (χ2n) is 2.89. The zero-order valence-corrected chi connectivity index (χ0v) is 9.38. The van der Waals surface area contributed by atoms with Crippen molar-refractivity contribution in [3.05, 3.63) is 22.2 Å².